The fourth-order valence-corrected chi connectivity index (χ4v) is 5.35. The largest absolute Gasteiger partial charge is 0.324 e. The molecule has 1 atom stereocenters. The van der Waals surface area contributed by atoms with E-state index in [1.165, 1.54) is 0 Å². The first-order chi connectivity index (χ1) is 19.7. The summed E-state index contributed by atoms with van der Waals surface area (Å²) in [5.41, 5.74) is 4.66. The molecule has 2 amide bonds. The molecule has 1 unspecified atom stereocenters. The number of pyridine rings is 1. The number of benzene rings is 2. The Morgan fingerprint density at radius 2 is 1.71 bits per heavy atom. The van der Waals surface area contributed by atoms with Crippen molar-refractivity contribution in [3.8, 4) is 5.69 Å². The smallest absolute Gasteiger partial charge is 0.317 e. The van der Waals surface area contributed by atoms with Gasteiger partial charge < -0.3 is 10.6 Å². The van der Waals surface area contributed by atoms with Crippen LogP contribution in [0.3, 0.4) is 0 Å². The van der Waals surface area contributed by atoms with Crippen LogP contribution in [0.2, 0.25) is 0 Å². The molecular weight excluding hydrogens is 512 g/mol. The maximum absolute atomic E-state index is 13.9. The molecule has 0 spiro atoms. The van der Waals surface area contributed by atoms with E-state index in [1.54, 1.807) is 23.1 Å². The van der Waals surface area contributed by atoms with Crippen LogP contribution in [-0.4, -0.2) is 39.7 Å². The number of Topliss-reactive ketones (excluding diaryl/α,β-unsaturated/α-hetero) is 1. The second kappa shape index (κ2) is 12.1. The number of ketones is 1. The molecule has 212 valence electrons. The van der Waals surface area contributed by atoms with Crippen molar-refractivity contribution in [3.63, 3.8) is 0 Å². The molecule has 3 heterocycles. The zero-order valence-corrected chi connectivity index (χ0v) is 24.1. The molecule has 0 aliphatic carbocycles. The summed E-state index contributed by atoms with van der Waals surface area (Å²) in [6.07, 6.45) is 5.05. The molecule has 2 aromatic heterocycles. The molecular formula is C33H38N6O2. The maximum atomic E-state index is 13.9. The summed E-state index contributed by atoms with van der Waals surface area (Å²) in [4.78, 5) is 31.6. The van der Waals surface area contributed by atoms with E-state index in [0.29, 0.717) is 17.1 Å². The topological polar surface area (TPSA) is 101 Å². The summed E-state index contributed by atoms with van der Waals surface area (Å²) >= 11 is 0. The highest BCUT2D eigenvalue weighted by Crippen LogP contribution is 2.38. The van der Waals surface area contributed by atoms with E-state index in [0.717, 1.165) is 48.4 Å². The SMILES string of the molecule is Cc1ccc(-n2nc(C(C)(C)C)cc2NC(=O)Nc2ccccc2C(C(=O)c2cccnc2)C2CCNCC2)cc1. The van der Waals surface area contributed by atoms with Crippen LogP contribution < -0.4 is 16.0 Å². The summed E-state index contributed by atoms with van der Waals surface area (Å²) in [6.45, 7) is 10.0. The second-order valence-corrected chi connectivity index (χ2v) is 11.7. The van der Waals surface area contributed by atoms with E-state index >= 15 is 0 Å². The number of nitrogens with zero attached hydrogens (tertiary/aromatic N) is 3. The Hall–Kier alpha value is -4.30. The van der Waals surface area contributed by atoms with Gasteiger partial charge in [0, 0.05) is 35.1 Å². The van der Waals surface area contributed by atoms with Crippen LogP contribution >= 0.6 is 0 Å². The van der Waals surface area contributed by atoms with Crippen molar-refractivity contribution in [2.75, 3.05) is 23.7 Å². The Bertz CT molecular complexity index is 1500. The predicted molar refractivity (Wildman–Crippen MR) is 163 cm³/mol. The van der Waals surface area contributed by atoms with Crippen LogP contribution in [0.5, 0.6) is 0 Å². The lowest BCUT2D eigenvalue weighted by Crippen LogP contribution is -2.34. The molecule has 1 fully saturated rings. The molecule has 5 rings (SSSR count). The minimum Gasteiger partial charge on any atom is -0.317 e. The van der Waals surface area contributed by atoms with Crippen molar-refractivity contribution in [1.29, 1.82) is 0 Å². The van der Waals surface area contributed by atoms with Gasteiger partial charge in [0.15, 0.2) is 5.78 Å². The Balaban J connectivity index is 1.45. The summed E-state index contributed by atoms with van der Waals surface area (Å²) in [5, 5.41) is 14.3. The third-order valence-electron chi connectivity index (χ3n) is 7.63. The maximum Gasteiger partial charge on any atom is 0.324 e. The highest BCUT2D eigenvalue weighted by Gasteiger charge is 2.33. The van der Waals surface area contributed by atoms with Gasteiger partial charge >= 0.3 is 6.03 Å². The highest BCUT2D eigenvalue weighted by atomic mass is 16.2. The van der Waals surface area contributed by atoms with Crippen molar-refractivity contribution in [1.82, 2.24) is 20.1 Å². The molecule has 0 saturated carbocycles. The first-order valence-electron chi connectivity index (χ1n) is 14.2. The van der Waals surface area contributed by atoms with Crippen molar-refractivity contribution < 1.29 is 9.59 Å². The van der Waals surface area contributed by atoms with Crippen LogP contribution in [0.25, 0.3) is 5.69 Å². The number of aryl methyl sites for hydroxylation is 1. The number of carbonyl (C=O) groups excluding carboxylic acids is 2. The summed E-state index contributed by atoms with van der Waals surface area (Å²) in [7, 11) is 0. The summed E-state index contributed by atoms with van der Waals surface area (Å²) in [5.74, 6) is 0.331. The van der Waals surface area contributed by atoms with E-state index in [-0.39, 0.29) is 17.1 Å². The summed E-state index contributed by atoms with van der Waals surface area (Å²) < 4.78 is 1.76. The quantitative estimate of drug-likeness (QED) is 0.229. The van der Waals surface area contributed by atoms with E-state index in [9.17, 15) is 9.59 Å². The van der Waals surface area contributed by atoms with Gasteiger partial charge in [-0.3, -0.25) is 15.1 Å². The highest BCUT2D eigenvalue weighted by molar-refractivity contribution is 6.04. The fourth-order valence-electron chi connectivity index (χ4n) is 5.35. The lowest BCUT2D eigenvalue weighted by Gasteiger charge is -2.31. The number of hydrogen-bond acceptors (Lipinski definition) is 5. The number of amides is 2. The van der Waals surface area contributed by atoms with E-state index < -0.39 is 11.9 Å². The number of hydrogen-bond donors (Lipinski definition) is 3. The Morgan fingerprint density at radius 1 is 0.976 bits per heavy atom. The van der Waals surface area contributed by atoms with Crippen LogP contribution in [0.15, 0.2) is 79.1 Å². The van der Waals surface area contributed by atoms with Gasteiger partial charge in [0.05, 0.1) is 17.3 Å². The Labute approximate surface area is 241 Å². The number of carbonyl (C=O) groups is 2. The molecule has 3 N–H and O–H groups in total. The van der Waals surface area contributed by atoms with E-state index in [4.69, 9.17) is 5.10 Å². The second-order valence-electron chi connectivity index (χ2n) is 11.7. The van der Waals surface area contributed by atoms with E-state index in [1.807, 2.05) is 67.6 Å². The monoisotopic (exact) mass is 550 g/mol. The number of para-hydroxylation sites is 1. The van der Waals surface area contributed by atoms with Gasteiger partial charge in [-0.05, 0) is 74.7 Å². The molecule has 8 nitrogen and oxygen atoms in total. The average Bonchev–Trinajstić information content (AvgIpc) is 3.40. The Morgan fingerprint density at radius 3 is 2.39 bits per heavy atom. The van der Waals surface area contributed by atoms with Gasteiger partial charge in [-0.15, -0.1) is 0 Å². The van der Waals surface area contributed by atoms with Gasteiger partial charge in [0.25, 0.3) is 0 Å². The van der Waals surface area contributed by atoms with Gasteiger partial charge in [-0.1, -0.05) is 56.7 Å². The van der Waals surface area contributed by atoms with Crippen LogP contribution in [0.1, 0.15) is 66.7 Å². The molecule has 8 heteroatoms. The lowest BCUT2D eigenvalue weighted by molar-refractivity contribution is 0.0916. The standard InChI is InChI=1S/C33H38N6O2/c1-22-11-13-25(14-12-22)39-29(20-28(38-39)33(2,3)4)37-32(41)36-27-10-6-5-9-26(27)30(23-15-18-34-19-16-23)31(40)24-8-7-17-35-21-24/h5-14,17,20-21,23,30,34H,15-16,18-19H2,1-4H3,(H2,36,37,41). The molecule has 0 radical (unpaired) electrons. The third-order valence-corrected chi connectivity index (χ3v) is 7.63. The van der Waals surface area contributed by atoms with Gasteiger partial charge in [0.2, 0.25) is 0 Å². The zero-order valence-electron chi connectivity index (χ0n) is 24.1. The van der Waals surface area contributed by atoms with Gasteiger partial charge in [0.1, 0.15) is 5.82 Å². The fraction of sp³-hybridized carbons (Fsp3) is 0.333. The van der Waals surface area contributed by atoms with Crippen LogP contribution in [-0.2, 0) is 5.41 Å². The van der Waals surface area contributed by atoms with E-state index in [2.05, 4.69) is 41.7 Å². The molecule has 1 aliphatic heterocycles. The number of anilines is 2. The minimum atomic E-state index is -0.400. The normalized spacial score (nSPS) is 14.8. The average molecular weight is 551 g/mol. The Kier molecular flexibility index (Phi) is 8.31. The molecule has 2 aromatic carbocycles. The summed E-state index contributed by atoms with van der Waals surface area (Å²) in [6, 6.07) is 20.7. The zero-order chi connectivity index (χ0) is 29.0. The number of piperidine rings is 1. The molecule has 1 saturated heterocycles. The first-order valence-corrected chi connectivity index (χ1v) is 14.2. The van der Waals surface area contributed by atoms with Gasteiger partial charge in [-0.2, -0.15) is 5.10 Å². The van der Waals surface area contributed by atoms with Gasteiger partial charge in [-0.25, -0.2) is 9.48 Å². The molecule has 41 heavy (non-hydrogen) atoms. The predicted octanol–water partition coefficient (Wildman–Crippen LogP) is 6.48. The number of rotatable bonds is 7. The first kappa shape index (κ1) is 28.2. The third kappa shape index (κ3) is 6.55. The lowest BCUT2D eigenvalue weighted by atomic mass is 9.76. The van der Waals surface area contributed by atoms with Crippen LogP contribution in [0, 0.1) is 12.8 Å². The number of urea groups is 1. The molecule has 1 aliphatic rings. The molecule has 4 aromatic rings. The molecule has 0 bridgehead atoms. The van der Waals surface area contributed by atoms with Crippen molar-refractivity contribution in [3.05, 3.63) is 102 Å². The van der Waals surface area contributed by atoms with Crippen LogP contribution in [0.4, 0.5) is 16.3 Å². The number of aromatic nitrogens is 3. The number of nitrogens with one attached hydrogen (secondary N) is 3. The van der Waals surface area contributed by atoms with Crippen molar-refractivity contribution in [2.24, 2.45) is 5.92 Å². The van der Waals surface area contributed by atoms with Crippen molar-refractivity contribution >= 4 is 23.3 Å². The minimum absolute atomic E-state index is 0.0203. The van der Waals surface area contributed by atoms with Crippen molar-refractivity contribution in [2.45, 2.75) is 51.9 Å².